The van der Waals surface area contributed by atoms with Crippen LogP contribution in [0, 0.1) is 0 Å². The van der Waals surface area contributed by atoms with Gasteiger partial charge >= 0.3 is 17.9 Å². The van der Waals surface area contributed by atoms with Gasteiger partial charge in [-0.25, -0.2) is 9.59 Å². The summed E-state index contributed by atoms with van der Waals surface area (Å²) in [6.07, 6.45) is -15.4. The monoisotopic (exact) mass is 1010 g/mol. The molecule has 6 amide bonds. The molecule has 0 bridgehead atoms. The third-order valence-corrected chi connectivity index (χ3v) is 11.8. The van der Waals surface area contributed by atoms with Gasteiger partial charge in [0.05, 0.1) is 13.2 Å². The zero-order valence-corrected chi connectivity index (χ0v) is 39.1. The normalized spacial score (nSPS) is 27.2. The number of hydrogen-bond donors (Lipinski definition) is 16. The second-order valence-electron chi connectivity index (χ2n) is 16.2. The Morgan fingerprint density at radius 2 is 1.25 bits per heavy atom. The predicted octanol–water partition coefficient (Wildman–Crippen LogP) is -7.51. The van der Waals surface area contributed by atoms with E-state index in [1.807, 2.05) is 0 Å². The zero-order valence-electron chi connectivity index (χ0n) is 38.3. The number of nitrogens with two attached hydrogens (primary N) is 2. The number of aliphatic hydroxyl groups is 5. The van der Waals surface area contributed by atoms with Crippen LogP contribution >= 0.6 is 11.8 Å². The van der Waals surface area contributed by atoms with Gasteiger partial charge in [-0.1, -0.05) is 0 Å². The van der Waals surface area contributed by atoms with Crippen LogP contribution < -0.4 is 43.4 Å². The number of thioether (sulfide) groups is 1. The molecule has 2 saturated heterocycles. The van der Waals surface area contributed by atoms with Crippen LogP contribution in [0.15, 0.2) is 0 Å². The first-order valence-corrected chi connectivity index (χ1v) is 22.9. The SMILES string of the molecule is CC(=O)NC1C(OC2C(CO)OC(O)C(NC(C)=O)C2OC(C)C(=O)NC(C)C(=O)NC(CCC(=O)NC(CSCC(N)C(=O)O)C(=O)NC(CCCCN)C(=O)O)C(=O)O)OC(CO)C(O)C1O. The first kappa shape index (κ1) is 60.3. The first-order valence-electron chi connectivity index (χ1n) is 21.7. The Hall–Kier alpha value is -4.86. The summed E-state index contributed by atoms with van der Waals surface area (Å²) in [5.74, 6) is -10.2. The van der Waals surface area contributed by atoms with E-state index in [0.29, 0.717) is 12.8 Å². The second-order valence-corrected chi connectivity index (χ2v) is 17.3. The maximum Gasteiger partial charge on any atom is 0.326 e. The average molecular weight is 1020 g/mol. The number of aliphatic hydroxyl groups excluding tert-OH is 5. The average Bonchev–Trinajstić information content (AvgIpc) is 3.27. The van der Waals surface area contributed by atoms with Crippen LogP contribution in [0.25, 0.3) is 0 Å². The molecule has 2 rings (SSSR count). The lowest BCUT2D eigenvalue weighted by atomic mass is 9.94. The summed E-state index contributed by atoms with van der Waals surface area (Å²) in [4.78, 5) is 112. The third-order valence-electron chi connectivity index (χ3n) is 10.6. The fourth-order valence-corrected chi connectivity index (χ4v) is 7.91. The van der Waals surface area contributed by atoms with Crippen molar-refractivity contribution in [3.05, 3.63) is 0 Å². The molecule has 2 aliphatic rings. The minimum atomic E-state index is -1.91. The number of aliphatic carboxylic acids is 3. The number of nitrogens with one attached hydrogen (secondary N) is 6. The fraction of sp³-hybridized carbons (Fsp3) is 0.769. The van der Waals surface area contributed by atoms with Crippen molar-refractivity contribution in [3.63, 3.8) is 0 Å². The molecule has 0 aliphatic carbocycles. The molecular weight excluding hydrogens is 949 g/mol. The summed E-state index contributed by atoms with van der Waals surface area (Å²) in [5, 5.41) is 94.7. The Bertz CT molecular complexity index is 1770. The molecule has 0 saturated carbocycles. The van der Waals surface area contributed by atoms with Crippen LogP contribution in [0.4, 0.5) is 0 Å². The highest BCUT2D eigenvalue weighted by molar-refractivity contribution is 7.99. The Morgan fingerprint density at radius 1 is 0.667 bits per heavy atom. The van der Waals surface area contributed by atoms with Gasteiger partial charge in [-0.05, 0) is 46.1 Å². The molecule has 2 heterocycles. The molecule has 2 fully saturated rings. The van der Waals surface area contributed by atoms with Gasteiger partial charge in [0, 0.05) is 31.8 Å². The van der Waals surface area contributed by atoms with Gasteiger partial charge in [0.1, 0.15) is 85.0 Å². The highest BCUT2D eigenvalue weighted by Gasteiger charge is 2.53. The van der Waals surface area contributed by atoms with E-state index >= 15 is 0 Å². The van der Waals surface area contributed by atoms with Crippen molar-refractivity contribution in [1.29, 1.82) is 0 Å². The molecule has 16 atom stereocenters. The van der Waals surface area contributed by atoms with Crippen molar-refractivity contribution in [1.82, 2.24) is 31.9 Å². The van der Waals surface area contributed by atoms with E-state index in [1.54, 1.807) is 0 Å². The molecule has 18 N–H and O–H groups in total. The van der Waals surface area contributed by atoms with Crippen molar-refractivity contribution >= 4 is 65.1 Å². The molecule has 2 aliphatic heterocycles. The fourth-order valence-electron chi connectivity index (χ4n) is 6.90. The number of carboxylic acids is 3. The van der Waals surface area contributed by atoms with Crippen LogP contribution in [0.5, 0.6) is 0 Å². The van der Waals surface area contributed by atoms with Crippen molar-refractivity contribution in [2.24, 2.45) is 11.5 Å². The Balaban J connectivity index is 2.22. The Labute approximate surface area is 399 Å². The molecule has 394 valence electrons. The number of rotatable bonds is 29. The van der Waals surface area contributed by atoms with E-state index in [-0.39, 0.29) is 24.5 Å². The summed E-state index contributed by atoms with van der Waals surface area (Å²) >= 11 is 0.865. The zero-order chi connectivity index (χ0) is 52.3. The van der Waals surface area contributed by atoms with Crippen LogP contribution in [0.1, 0.15) is 59.8 Å². The molecule has 0 spiro atoms. The lowest BCUT2D eigenvalue weighted by Gasteiger charge is -2.48. The summed E-state index contributed by atoms with van der Waals surface area (Å²) in [6, 6.07) is -10.5. The molecule has 16 unspecified atom stereocenters. The van der Waals surface area contributed by atoms with Gasteiger partial charge in [0.2, 0.25) is 35.4 Å². The number of carbonyl (C=O) groups is 9. The van der Waals surface area contributed by atoms with E-state index < -0.39 is 177 Å². The molecule has 0 radical (unpaired) electrons. The molecule has 0 aromatic heterocycles. The van der Waals surface area contributed by atoms with Crippen molar-refractivity contribution < 1.29 is 103 Å². The molecule has 69 heavy (non-hydrogen) atoms. The van der Waals surface area contributed by atoms with E-state index in [1.165, 1.54) is 6.92 Å². The highest BCUT2D eigenvalue weighted by Crippen LogP contribution is 2.31. The summed E-state index contributed by atoms with van der Waals surface area (Å²) < 4.78 is 23.1. The van der Waals surface area contributed by atoms with Gasteiger partial charge in [0.25, 0.3) is 0 Å². The van der Waals surface area contributed by atoms with Gasteiger partial charge in [-0.3, -0.25) is 33.6 Å². The second kappa shape index (κ2) is 29.4. The smallest absolute Gasteiger partial charge is 0.326 e. The summed E-state index contributed by atoms with van der Waals surface area (Å²) in [7, 11) is 0. The number of amides is 6. The summed E-state index contributed by atoms with van der Waals surface area (Å²) in [6.45, 7) is 3.02. The standard InChI is InChI=1S/C39H66N8O21S/c1-15(32(55)46-21(37(62)63)8-9-25(52)45-22(14-69-13-19(41)35(58)59)34(57)47-20(36(60)61)7-5-6-10-40)42-33(56)16(2)65-31-27(44-18(4)51)38(64)66-24(12-49)30(31)68-39-26(43-17(3)50)29(54)28(53)23(11-48)67-39/h15-16,19-24,26-31,38-39,48-49,53-54,64H,5-14,40-41H2,1-4H3,(H,42,56)(H,43,50)(H,44,51)(H,45,52)(H,46,55)(H,47,57)(H,58,59)(H,60,61)(H,62,63). The molecule has 0 aromatic carbocycles. The largest absolute Gasteiger partial charge is 0.480 e. The highest BCUT2D eigenvalue weighted by atomic mass is 32.2. The maximum absolute atomic E-state index is 13.5. The number of hydrogen-bond acceptors (Lipinski definition) is 21. The number of unbranched alkanes of at least 4 members (excludes halogenated alkanes) is 1. The number of ether oxygens (including phenoxy) is 4. The third kappa shape index (κ3) is 19.1. The summed E-state index contributed by atoms with van der Waals surface area (Å²) in [5.41, 5.74) is 11.0. The predicted molar refractivity (Wildman–Crippen MR) is 234 cm³/mol. The van der Waals surface area contributed by atoms with E-state index in [2.05, 4.69) is 31.9 Å². The van der Waals surface area contributed by atoms with Crippen LogP contribution in [-0.4, -0.2) is 223 Å². The molecular formula is C39H66N8O21S. The van der Waals surface area contributed by atoms with Crippen LogP contribution in [-0.2, 0) is 62.1 Å². The van der Waals surface area contributed by atoms with Crippen molar-refractivity contribution in [3.8, 4) is 0 Å². The van der Waals surface area contributed by atoms with Gasteiger partial charge in [-0.2, -0.15) is 11.8 Å². The van der Waals surface area contributed by atoms with Crippen molar-refractivity contribution in [2.75, 3.05) is 31.3 Å². The minimum absolute atomic E-state index is 0.00558. The maximum atomic E-state index is 13.5. The minimum Gasteiger partial charge on any atom is -0.480 e. The van der Waals surface area contributed by atoms with Crippen LogP contribution in [0.3, 0.4) is 0 Å². The Morgan fingerprint density at radius 3 is 1.80 bits per heavy atom. The first-order chi connectivity index (χ1) is 32.4. The van der Waals surface area contributed by atoms with Crippen LogP contribution in [0.2, 0.25) is 0 Å². The van der Waals surface area contributed by atoms with Gasteiger partial charge < -0.3 is 103 Å². The Kier molecular flexibility index (Phi) is 25.6. The van der Waals surface area contributed by atoms with E-state index in [0.717, 1.165) is 32.5 Å². The number of carboxylic acid groups (broad SMARTS) is 3. The molecule has 30 heteroatoms. The molecule has 29 nitrogen and oxygen atoms in total. The lowest BCUT2D eigenvalue weighted by molar-refractivity contribution is -0.333. The van der Waals surface area contributed by atoms with Gasteiger partial charge in [0.15, 0.2) is 12.6 Å². The quantitative estimate of drug-likeness (QED) is 0.0310. The van der Waals surface area contributed by atoms with E-state index in [9.17, 15) is 78.9 Å². The number of carbonyl (C=O) groups excluding carboxylic acids is 6. The van der Waals surface area contributed by atoms with E-state index in [4.69, 9.17) is 35.5 Å². The van der Waals surface area contributed by atoms with Gasteiger partial charge in [-0.15, -0.1) is 0 Å². The topological polar surface area (TPSA) is 477 Å². The lowest BCUT2D eigenvalue weighted by Crippen LogP contribution is -2.70. The van der Waals surface area contributed by atoms with Crippen molar-refractivity contribution in [2.45, 2.75) is 157 Å². The molecule has 0 aromatic rings.